The maximum absolute atomic E-state index is 12.4. The molecule has 13 nitrogen and oxygen atoms in total. The molecule has 1 fully saturated rings. The first-order valence-corrected chi connectivity index (χ1v) is 13.1. The summed E-state index contributed by atoms with van der Waals surface area (Å²) in [5.41, 5.74) is 1.31. The molecule has 1 aromatic heterocycles. The van der Waals surface area contributed by atoms with Crippen molar-refractivity contribution in [3.63, 3.8) is 0 Å². The van der Waals surface area contributed by atoms with Gasteiger partial charge in [-0.15, -0.1) is 0 Å². The quantitative estimate of drug-likeness (QED) is 0.232. The first-order valence-electron chi connectivity index (χ1n) is 13.1. The molecule has 2 aromatic carbocycles. The Morgan fingerprint density at radius 2 is 1.59 bits per heavy atom. The summed E-state index contributed by atoms with van der Waals surface area (Å²) in [5, 5.41) is 24.8. The molecule has 41 heavy (non-hydrogen) atoms. The number of ether oxygens (including phenoxy) is 3. The van der Waals surface area contributed by atoms with Crippen LogP contribution in [0, 0.1) is 0 Å². The van der Waals surface area contributed by atoms with Crippen molar-refractivity contribution in [3.8, 4) is 11.1 Å². The second kappa shape index (κ2) is 12.0. The summed E-state index contributed by atoms with van der Waals surface area (Å²) in [6.45, 7) is -0.815. The van der Waals surface area contributed by atoms with Crippen LogP contribution < -0.4 is 21.9 Å². The highest BCUT2D eigenvalue weighted by molar-refractivity contribution is 5.79. The monoisotopic (exact) mass is 566 g/mol. The third-order valence-corrected chi connectivity index (χ3v) is 7.21. The number of amides is 2. The van der Waals surface area contributed by atoms with Crippen LogP contribution in [0.25, 0.3) is 11.1 Å². The van der Waals surface area contributed by atoms with Gasteiger partial charge in [0.25, 0.3) is 5.56 Å². The van der Waals surface area contributed by atoms with E-state index in [2.05, 4.69) is 15.6 Å². The standard InChI is InChI=1S/C28H30N4O9/c33-14-23-22(34)13-28(41-23,32-12-9-24(35)31-25(32)36)16-40-27(38)30-11-10-29-26(37)39-15-21-19-7-3-1-5-17(19)18-6-2-4-8-20(18)21/h1-9,12,21-23,33-34H,10-11,13-16H2,(H,29,37)(H,30,38)(H,31,35,36)/t22-,23+,28-/m0/s1. The van der Waals surface area contributed by atoms with Gasteiger partial charge in [0.05, 0.1) is 12.7 Å². The minimum absolute atomic E-state index is 0.0113. The van der Waals surface area contributed by atoms with Crippen molar-refractivity contribution in [1.82, 2.24) is 20.2 Å². The van der Waals surface area contributed by atoms with E-state index < -0.39 is 54.6 Å². The molecule has 5 N–H and O–H groups in total. The van der Waals surface area contributed by atoms with Gasteiger partial charge in [-0.1, -0.05) is 48.5 Å². The highest BCUT2D eigenvalue weighted by atomic mass is 16.6. The largest absolute Gasteiger partial charge is 0.449 e. The van der Waals surface area contributed by atoms with Gasteiger partial charge in [0.15, 0.2) is 5.72 Å². The van der Waals surface area contributed by atoms with Gasteiger partial charge in [-0.3, -0.25) is 14.3 Å². The number of fused-ring (bicyclic) bond motifs is 3. The number of nitrogens with one attached hydrogen (secondary N) is 3. The number of alkyl carbamates (subject to hydrolysis) is 2. The van der Waals surface area contributed by atoms with Crippen molar-refractivity contribution in [1.29, 1.82) is 0 Å². The minimum atomic E-state index is -1.65. The second-order valence-corrected chi connectivity index (χ2v) is 9.79. The lowest BCUT2D eigenvalue weighted by atomic mass is 9.98. The Balaban J connectivity index is 1.09. The Kier molecular flexibility index (Phi) is 8.19. The first-order chi connectivity index (χ1) is 19.8. The van der Waals surface area contributed by atoms with Crippen molar-refractivity contribution in [3.05, 3.63) is 92.8 Å². The molecular weight excluding hydrogens is 536 g/mol. The van der Waals surface area contributed by atoms with Crippen LogP contribution in [0.3, 0.4) is 0 Å². The first kappa shape index (κ1) is 28.1. The summed E-state index contributed by atoms with van der Waals surface area (Å²) in [5.74, 6) is -0.0784. The molecule has 5 rings (SSSR count). The van der Waals surface area contributed by atoms with Crippen LogP contribution in [0.2, 0.25) is 0 Å². The van der Waals surface area contributed by atoms with Crippen molar-refractivity contribution in [2.75, 3.05) is 32.9 Å². The fourth-order valence-corrected chi connectivity index (χ4v) is 5.29. The lowest BCUT2D eigenvalue weighted by molar-refractivity contribution is -0.143. The number of benzene rings is 2. The van der Waals surface area contributed by atoms with E-state index in [9.17, 15) is 29.4 Å². The Morgan fingerprint density at radius 3 is 2.17 bits per heavy atom. The molecule has 2 aliphatic rings. The molecule has 0 unspecified atom stereocenters. The van der Waals surface area contributed by atoms with E-state index in [1.165, 1.54) is 0 Å². The normalized spacial score (nSPS) is 21.1. The number of aromatic amines is 1. The van der Waals surface area contributed by atoms with Crippen molar-refractivity contribution < 1.29 is 34.0 Å². The summed E-state index contributed by atoms with van der Waals surface area (Å²) in [6, 6.07) is 17.1. The molecule has 2 heterocycles. The van der Waals surface area contributed by atoms with Crippen molar-refractivity contribution in [2.45, 2.75) is 30.3 Å². The number of aromatic nitrogens is 2. The fraction of sp³-hybridized carbons (Fsp3) is 0.357. The van der Waals surface area contributed by atoms with E-state index in [0.717, 1.165) is 39.1 Å². The van der Waals surface area contributed by atoms with Gasteiger partial charge < -0.3 is 35.1 Å². The Bertz CT molecular complexity index is 1490. The summed E-state index contributed by atoms with van der Waals surface area (Å²) in [6.07, 6.45) is -2.70. The second-order valence-electron chi connectivity index (χ2n) is 9.79. The zero-order valence-electron chi connectivity index (χ0n) is 21.9. The number of nitrogens with zero attached hydrogens (tertiary/aromatic N) is 1. The van der Waals surface area contributed by atoms with Gasteiger partial charge in [0.2, 0.25) is 0 Å². The molecule has 216 valence electrons. The maximum Gasteiger partial charge on any atom is 0.407 e. The minimum Gasteiger partial charge on any atom is -0.449 e. The third-order valence-electron chi connectivity index (χ3n) is 7.21. The van der Waals surface area contributed by atoms with Gasteiger partial charge in [-0.25, -0.2) is 14.4 Å². The van der Waals surface area contributed by atoms with Gasteiger partial charge in [-0.05, 0) is 22.3 Å². The van der Waals surface area contributed by atoms with Crippen molar-refractivity contribution >= 4 is 12.2 Å². The van der Waals surface area contributed by atoms with E-state index in [-0.39, 0.29) is 32.0 Å². The number of aliphatic hydroxyl groups is 2. The van der Waals surface area contributed by atoms with Gasteiger partial charge >= 0.3 is 17.9 Å². The molecule has 3 atom stereocenters. The Hall–Kier alpha value is -4.46. The number of aliphatic hydroxyl groups excluding tert-OH is 2. The average molecular weight is 567 g/mol. The highest BCUT2D eigenvalue weighted by Crippen LogP contribution is 2.44. The van der Waals surface area contributed by atoms with E-state index >= 15 is 0 Å². The molecule has 1 aliphatic carbocycles. The van der Waals surface area contributed by atoms with Crippen LogP contribution >= 0.6 is 0 Å². The zero-order valence-corrected chi connectivity index (χ0v) is 21.9. The number of H-pyrrole nitrogens is 1. The van der Waals surface area contributed by atoms with Gasteiger partial charge in [-0.2, -0.15) is 0 Å². The fourth-order valence-electron chi connectivity index (χ4n) is 5.29. The van der Waals surface area contributed by atoms with E-state index in [4.69, 9.17) is 14.2 Å². The molecule has 1 aliphatic heterocycles. The third kappa shape index (κ3) is 5.87. The molecule has 0 radical (unpaired) electrons. The smallest absolute Gasteiger partial charge is 0.407 e. The average Bonchev–Trinajstić information content (AvgIpc) is 3.47. The van der Waals surface area contributed by atoms with Crippen LogP contribution in [0.5, 0.6) is 0 Å². The number of carbonyl (C=O) groups excluding carboxylic acids is 2. The number of carbonyl (C=O) groups is 2. The van der Waals surface area contributed by atoms with Crippen LogP contribution in [-0.4, -0.2) is 77.1 Å². The summed E-state index contributed by atoms with van der Waals surface area (Å²) >= 11 is 0. The molecule has 3 aromatic rings. The molecule has 0 spiro atoms. The topological polar surface area (TPSA) is 181 Å². The van der Waals surface area contributed by atoms with E-state index in [1.807, 2.05) is 48.5 Å². The predicted molar refractivity (Wildman–Crippen MR) is 144 cm³/mol. The van der Waals surface area contributed by atoms with E-state index in [0.29, 0.717) is 0 Å². The Morgan fingerprint density at radius 1 is 0.976 bits per heavy atom. The van der Waals surface area contributed by atoms with Crippen LogP contribution in [0.15, 0.2) is 70.4 Å². The summed E-state index contributed by atoms with van der Waals surface area (Å²) < 4.78 is 17.4. The zero-order chi connectivity index (χ0) is 29.0. The molecule has 13 heteroatoms. The molecule has 0 saturated carbocycles. The molecule has 2 amide bonds. The highest BCUT2D eigenvalue weighted by Gasteiger charge is 2.49. The van der Waals surface area contributed by atoms with Crippen molar-refractivity contribution in [2.24, 2.45) is 0 Å². The molecule has 1 saturated heterocycles. The van der Waals surface area contributed by atoms with Crippen LogP contribution in [0.4, 0.5) is 9.59 Å². The lowest BCUT2D eigenvalue weighted by Gasteiger charge is -2.30. The van der Waals surface area contributed by atoms with Gasteiger partial charge in [0, 0.05) is 37.7 Å². The van der Waals surface area contributed by atoms with Crippen LogP contribution in [-0.2, 0) is 19.9 Å². The summed E-state index contributed by atoms with van der Waals surface area (Å²) in [7, 11) is 0. The maximum atomic E-state index is 12.4. The number of hydrogen-bond donors (Lipinski definition) is 5. The lowest BCUT2D eigenvalue weighted by Crippen LogP contribution is -2.48. The predicted octanol–water partition coefficient (Wildman–Crippen LogP) is 0.596. The Labute approximate surface area is 233 Å². The molecule has 0 bridgehead atoms. The van der Waals surface area contributed by atoms with Crippen LogP contribution in [0.1, 0.15) is 23.5 Å². The SMILES string of the molecule is O=C(NCCNC(=O)OC[C@]1(n2ccc(=O)[nH]c2=O)C[C@H](O)[C@@H](CO)O1)OCC1c2ccccc2-c2ccccc21. The number of rotatable bonds is 9. The number of hydrogen-bond acceptors (Lipinski definition) is 9. The van der Waals surface area contributed by atoms with Gasteiger partial charge in [0.1, 0.15) is 19.3 Å². The summed E-state index contributed by atoms with van der Waals surface area (Å²) in [4.78, 5) is 50.6. The van der Waals surface area contributed by atoms with E-state index in [1.54, 1.807) is 0 Å². The molecular formula is C28H30N4O9.